The highest BCUT2D eigenvalue weighted by atomic mass is 19.1. The van der Waals surface area contributed by atoms with Crippen molar-refractivity contribution in [1.29, 1.82) is 0 Å². The Morgan fingerprint density at radius 2 is 2.31 bits per heavy atom. The van der Waals surface area contributed by atoms with Gasteiger partial charge in [0, 0.05) is 12.6 Å². The van der Waals surface area contributed by atoms with Gasteiger partial charge in [0.25, 0.3) is 0 Å². The van der Waals surface area contributed by atoms with Crippen LogP contribution in [0.3, 0.4) is 0 Å². The molecule has 0 saturated carbocycles. The number of benzene rings is 1. The highest BCUT2D eigenvalue weighted by Crippen LogP contribution is 2.23. The van der Waals surface area contributed by atoms with Crippen LogP contribution in [0.15, 0.2) is 18.2 Å². The summed E-state index contributed by atoms with van der Waals surface area (Å²) in [6.45, 7) is 2.52. The molecule has 1 aromatic carbocycles. The third kappa shape index (κ3) is 2.22. The smallest absolute Gasteiger partial charge is 0.317 e. The van der Waals surface area contributed by atoms with Crippen LogP contribution < -0.4 is 0 Å². The highest BCUT2D eigenvalue weighted by molar-refractivity contribution is 5.69. The van der Waals surface area contributed by atoms with Gasteiger partial charge in [0.15, 0.2) is 0 Å². The molecule has 1 atom stereocenters. The lowest BCUT2D eigenvalue weighted by Crippen LogP contribution is -2.41. The van der Waals surface area contributed by atoms with Crippen molar-refractivity contribution in [2.24, 2.45) is 0 Å². The van der Waals surface area contributed by atoms with Crippen molar-refractivity contribution < 1.29 is 14.3 Å². The number of carboxylic acid groups (broad SMARTS) is 1. The first-order valence-corrected chi connectivity index (χ1v) is 5.29. The van der Waals surface area contributed by atoms with Crippen LogP contribution in [0.25, 0.3) is 0 Å². The topological polar surface area (TPSA) is 40.5 Å². The zero-order valence-corrected chi connectivity index (χ0v) is 9.11. The van der Waals surface area contributed by atoms with Gasteiger partial charge in [-0.05, 0) is 36.6 Å². The molecule has 1 N–H and O–H groups in total. The molecule has 3 nitrogen and oxygen atoms in total. The molecule has 1 aliphatic heterocycles. The number of hydrogen-bond donors (Lipinski definition) is 1. The number of rotatable bonds is 2. The molecule has 0 spiro atoms. The Labute approximate surface area is 93.5 Å². The molecule has 0 aromatic heterocycles. The predicted octanol–water partition coefficient (Wildman–Crippen LogP) is 1.66. The zero-order chi connectivity index (χ0) is 11.7. The highest BCUT2D eigenvalue weighted by Gasteiger charge is 2.24. The lowest BCUT2D eigenvalue weighted by Gasteiger charge is -2.33. The van der Waals surface area contributed by atoms with E-state index in [4.69, 9.17) is 5.11 Å². The van der Waals surface area contributed by atoms with Crippen molar-refractivity contribution in [3.05, 3.63) is 35.1 Å². The first-order valence-electron chi connectivity index (χ1n) is 5.29. The SMILES string of the molecule is CC1Cc2ccc(F)cc2CN1CC(=O)O. The molecule has 16 heavy (non-hydrogen) atoms. The van der Waals surface area contributed by atoms with E-state index in [-0.39, 0.29) is 18.4 Å². The fraction of sp³-hybridized carbons (Fsp3) is 0.417. The van der Waals surface area contributed by atoms with Crippen LogP contribution in [-0.4, -0.2) is 28.6 Å². The minimum absolute atomic E-state index is 0.0110. The average Bonchev–Trinajstić information content (AvgIpc) is 2.19. The molecule has 1 aromatic rings. The summed E-state index contributed by atoms with van der Waals surface area (Å²) >= 11 is 0. The minimum Gasteiger partial charge on any atom is -0.480 e. The fourth-order valence-electron chi connectivity index (χ4n) is 2.15. The molecule has 0 bridgehead atoms. The fourth-order valence-corrected chi connectivity index (χ4v) is 2.15. The van der Waals surface area contributed by atoms with Crippen LogP contribution in [-0.2, 0) is 17.8 Å². The Kier molecular flexibility index (Phi) is 2.92. The summed E-state index contributed by atoms with van der Waals surface area (Å²) in [6.07, 6.45) is 0.781. The minimum atomic E-state index is -0.841. The van der Waals surface area contributed by atoms with Crippen molar-refractivity contribution in [2.75, 3.05) is 6.54 Å². The molecule has 0 amide bonds. The van der Waals surface area contributed by atoms with E-state index >= 15 is 0 Å². The summed E-state index contributed by atoms with van der Waals surface area (Å²) in [6, 6.07) is 4.93. The van der Waals surface area contributed by atoms with Crippen molar-refractivity contribution in [3.63, 3.8) is 0 Å². The largest absolute Gasteiger partial charge is 0.480 e. The molecule has 1 aliphatic rings. The molecule has 2 rings (SSSR count). The number of carboxylic acids is 1. The second kappa shape index (κ2) is 4.22. The Morgan fingerprint density at radius 3 is 3.00 bits per heavy atom. The van der Waals surface area contributed by atoms with E-state index < -0.39 is 5.97 Å². The van der Waals surface area contributed by atoms with Crippen LogP contribution in [0.4, 0.5) is 4.39 Å². The summed E-state index contributed by atoms with van der Waals surface area (Å²) < 4.78 is 13.0. The second-order valence-corrected chi connectivity index (χ2v) is 4.26. The number of halogens is 1. The van der Waals surface area contributed by atoms with Crippen molar-refractivity contribution >= 4 is 5.97 Å². The zero-order valence-electron chi connectivity index (χ0n) is 9.11. The molecule has 0 fully saturated rings. The Hall–Kier alpha value is -1.42. The lowest BCUT2D eigenvalue weighted by atomic mass is 9.95. The van der Waals surface area contributed by atoms with Gasteiger partial charge >= 0.3 is 5.97 Å². The van der Waals surface area contributed by atoms with Crippen LogP contribution in [0.2, 0.25) is 0 Å². The van der Waals surface area contributed by atoms with E-state index in [1.807, 2.05) is 11.8 Å². The number of fused-ring (bicyclic) bond motifs is 1. The first kappa shape index (κ1) is 11.1. The summed E-state index contributed by atoms with van der Waals surface area (Å²) in [5, 5.41) is 8.77. The van der Waals surface area contributed by atoms with Crippen molar-refractivity contribution in [1.82, 2.24) is 4.90 Å². The van der Waals surface area contributed by atoms with Crippen LogP contribution >= 0.6 is 0 Å². The number of carbonyl (C=O) groups is 1. The third-order valence-electron chi connectivity index (χ3n) is 3.02. The molecule has 86 valence electrons. The van der Waals surface area contributed by atoms with Gasteiger partial charge in [-0.15, -0.1) is 0 Å². The molecule has 1 unspecified atom stereocenters. The second-order valence-electron chi connectivity index (χ2n) is 4.26. The third-order valence-corrected chi connectivity index (χ3v) is 3.02. The summed E-state index contributed by atoms with van der Waals surface area (Å²) in [7, 11) is 0. The molecular weight excluding hydrogens is 209 g/mol. The quantitative estimate of drug-likeness (QED) is 0.828. The Morgan fingerprint density at radius 1 is 1.56 bits per heavy atom. The van der Waals surface area contributed by atoms with Gasteiger partial charge in [-0.3, -0.25) is 9.69 Å². The van der Waals surface area contributed by atoms with Gasteiger partial charge in [-0.25, -0.2) is 4.39 Å². The molecular formula is C12H14FNO2. The van der Waals surface area contributed by atoms with Gasteiger partial charge in [-0.2, -0.15) is 0 Å². The van der Waals surface area contributed by atoms with Crippen molar-refractivity contribution in [3.8, 4) is 0 Å². The van der Waals surface area contributed by atoms with E-state index in [0.717, 1.165) is 17.5 Å². The summed E-state index contributed by atoms with van der Waals surface area (Å²) in [5.74, 6) is -1.10. The van der Waals surface area contributed by atoms with Crippen LogP contribution in [0, 0.1) is 5.82 Å². The normalized spacial score (nSPS) is 20.5. The van der Waals surface area contributed by atoms with Crippen LogP contribution in [0.5, 0.6) is 0 Å². The Bertz CT molecular complexity index is 419. The van der Waals surface area contributed by atoms with Gasteiger partial charge in [-0.1, -0.05) is 6.07 Å². The van der Waals surface area contributed by atoms with E-state index in [2.05, 4.69) is 0 Å². The maximum atomic E-state index is 13.0. The van der Waals surface area contributed by atoms with E-state index in [1.165, 1.54) is 12.1 Å². The Balaban J connectivity index is 2.22. The first-order chi connectivity index (χ1) is 7.56. The van der Waals surface area contributed by atoms with Gasteiger partial charge < -0.3 is 5.11 Å². The maximum absolute atomic E-state index is 13.0. The van der Waals surface area contributed by atoms with E-state index in [1.54, 1.807) is 6.07 Å². The average molecular weight is 223 g/mol. The molecule has 0 radical (unpaired) electrons. The number of aliphatic carboxylic acids is 1. The van der Waals surface area contributed by atoms with E-state index in [9.17, 15) is 9.18 Å². The summed E-state index contributed by atoms with van der Waals surface area (Å²) in [4.78, 5) is 12.5. The van der Waals surface area contributed by atoms with Gasteiger partial charge in [0.2, 0.25) is 0 Å². The van der Waals surface area contributed by atoms with Gasteiger partial charge in [0.1, 0.15) is 5.82 Å². The predicted molar refractivity (Wildman–Crippen MR) is 57.6 cm³/mol. The maximum Gasteiger partial charge on any atom is 0.317 e. The van der Waals surface area contributed by atoms with E-state index in [0.29, 0.717) is 6.54 Å². The molecule has 4 heteroatoms. The lowest BCUT2D eigenvalue weighted by molar-refractivity contribution is -0.139. The van der Waals surface area contributed by atoms with Crippen LogP contribution in [0.1, 0.15) is 18.1 Å². The molecule has 1 heterocycles. The monoisotopic (exact) mass is 223 g/mol. The molecule has 0 aliphatic carbocycles. The number of nitrogens with zero attached hydrogens (tertiary/aromatic N) is 1. The standard InChI is InChI=1S/C12H14FNO2/c1-8-4-9-2-3-11(13)5-10(9)6-14(8)7-12(15)16/h2-3,5,8H,4,6-7H2,1H3,(H,15,16). The van der Waals surface area contributed by atoms with Crippen molar-refractivity contribution in [2.45, 2.75) is 25.9 Å². The number of hydrogen-bond acceptors (Lipinski definition) is 2. The van der Waals surface area contributed by atoms with Gasteiger partial charge in [0.05, 0.1) is 6.54 Å². The molecule has 0 saturated heterocycles. The summed E-state index contributed by atoms with van der Waals surface area (Å²) in [5.41, 5.74) is 2.02.